The summed E-state index contributed by atoms with van der Waals surface area (Å²) in [4.78, 5) is 11.2. The lowest BCUT2D eigenvalue weighted by atomic mass is 10.1. The van der Waals surface area contributed by atoms with Crippen molar-refractivity contribution in [1.82, 2.24) is 14.5 Å². The first kappa shape index (κ1) is 17.3. The molecule has 2 aliphatic heterocycles. The number of fused-ring (bicyclic) bond motifs is 2. The number of hydrogen-bond acceptors (Lipinski definition) is 6. The molecule has 4 rings (SSSR count). The first-order chi connectivity index (χ1) is 11.9. The Hall–Kier alpha value is -1.17. The van der Waals surface area contributed by atoms with Gasteiger partial charge in [0.05, 0.1) is 18.0 Å². The summed E-state index contributed by atoms with van der Waals surface area (Å²) in [5.41, 5.74) is 9.28. The number of aromatic nitrogens is 3. The molecule has 9 nitrogen and oxygen atoms in total. The van der Waals surface area contributed by atoms with E-state index in [-0.39, 0.29) is 18.8 Å². The Labute approximate surface area is 161 Å². The maximum absolute atomic E-state index is 8.62. The SMILES string of the molecule is CC1(C)O[C@@H]2[C@H](O1)[C@@H](CN=[N+]=[N-])O[C@@H]2n1cc(I)c2c(Cl)ncnc21. The van der Waals surface area contributed by atoms with E-state index in [1.807, 2.05) is 24.6 Å². The van der Waals surface area contributed by atoms with Crippen LogP contribution in [0, 0.1) is 3.57 Å². The van der Waals surface area contributed by atoms with E-state index in [2.05, 4.69) is 42.6 Å². The van der Waals surface area contributed by atoms with Gasteiger partial charge < -0.3 is 18.8 Å². The lowest BCUT2D eigenvalue weighted by Crippen LogP contribution is -2.31. The number of hydrogen-bond donors (Lipinski definition) is 0. The van der Waals surface area contributed by atoms with Crippen LogP contribution in [-0.2, 0) is 14.2 Å². The van der Waals surface area contributed by atoms with Gasteiger partial charge in [0.25, 0.3) is 0 Å². The zero-order chi connectivity index (χ0) is 17.8. The molecule has 0 unspecified atom stereocenters. The fourth-order valence-electron chi connectivity index (χ4n) is 3.35. The third kappa shape index (κ3) is 2.86. The number of nitrogens with zero attached hydrogens (tertiary/aromatic N) is 6. The predicted molar refractivity (Wildman–Crippen MR) is 97.0 cm³/mol. The summed E-state index contributed by atoms with van der Waals surface area (Å²) in [6.07, 6.45) is 1.75. The molecule has 2 saturated heterocycles. The zero-order valence-electron chi connectivity index (χ0n) is 13.3. The summed E-state index contributed by atoms with van der Waals surface area (Å²) in [5.74, 6) is -0.741. The highest BCUT2D eigenvalue weighted by molar-refractivity contribution is 14.1. The molecule has 0 N–H and O–H groups in total. The van der Waals surface area contributed by atoms with E-state index in [4.69, 9.17) is 31.3 Å². The second kappa shape index (κ2) is 6.22. The van der Waals surface area contributed by atoms with Gasteiger partial charge in [-0.1, -0.05) is 16.7 Å². The summed E-state index contributed by atoms with van der Waals surface area (Å²) in [7, 11) is 0. The van der Waals surface area contributed by atoms with Gasteiger partial charge in [-0.25, -0.2) is 9.97 Å². The molecule has 2 aliphatic rings. The third-order valence-electron chi connectivity index (χ3n) is 4.24. The minimum atomic E-state index is -0.741. The number of rotatable bonds is 3. The Morgan fingerprint density at radius 1 is 1.40 bits per heavy atom. The Kier molecular flexibility index (Phi) is 4.29. The summed E-state index contributed by atoms with van der Waals surface area (Å²) in [5, 5.41) is 4.79. The molecule has 11 heteroatoms. The molecule has 4 atom stereocenters. The maximum atomic E-state index is 8.62. The van der Waals surface area contributed by atoms with Gasteiger partial charge >= 0.3 is 0 Å². The first-order valence-electron chi connectivity index (χ1n) is 7.60. The highest BCUT2D eigenvalue weighted by Crippen LogP contribution is 2.44. The Bertz CT molecular complexity index is 883. The Morgan fingerprint density at radius 2 is 2.16 bits per heavy atom. The van der Waals surface area contributed by atoms with E-state index in [1.165, 1.54) is 6.33 Å². The second-order valence-electron chi connectivity index (χ2n) is 6.29. The van der Waals surface area contributed by atoms with Crippen LogP contribution in [0.5, 0.6) is 0 Å². The summed E-state index contributed by atoms with van der Waals surface area (Å²) >= 11 is 8.40. The standard InChI is InChI=1S/C14H14ClIN6O3/c1-14(2)24-9-7(3-20-21-17)23-13(10(9)25-14)22-4-6(16)8-11(15)18-5-19-12(8)22/h4-5,7,9-10,13H,3H2,1-2H3/t7-,9-,10-,13+/m1/s1. The van der Waals surface area contributed by atoms with Gasteiger partial charge in [0.15, 0.2) is 12.0 Å². The van der Waals surface area contributed by atoms with Crippen LogP contribution in [0.4, 0.5) is 0 Å². The van der Waals surface area contributed by atoms with E-state index in [0.29, 0.717) is 10.8 Å². The van der Waals surface area contributed by atoms with Gasteiger partial charge in [-0.2, -0.15) is 0 Å². The quantitative estimate of drug-likeness (QED) is 0.222. The van der Waals surface area contributed by atoms with Gasteiger partial charge in [-0.3, -0.25) is 0 Å². The van der Waals surface area contributed by atoms with Crippen LogP contribution in [0.2, 0.25) is 5.15 Å². The molecule has 0 amide bonds. The average Bonchev–Trinajstić information content (AvgIpc) is 3.15. The fourth-order valence-corrected chi connectivity index (χ4v) is 4.53. The zero-order valence-corrected chi connectivity index (χ0v) is 16.2. The van der Waals surface area contributed by atoms with Crippen molar-refractivity contribution >= 4 is 45.2 Å². The van der Waals surface area contributed by atoms with Crippen LogP contribution < -0.4 is 0 Å². The molecule has 0 saturated carbocycles. The van der Waals surface area contributed by atoms with Crippen molar-refractivity contribution in [1.29, 1.82) is 0 Å². The predicted octanol–water partition coefficient (Wildman–Crippen LogP) is 3.42. The van der Waals surface area contributed by atoms with E-state index >= 15 is 0 Å². The number of ether oxygens (including phenoxy) is 3. The van der Waals surface area contributed by atoms with Crippen molar-refractivity contribution in [3.05, 3.63) is 31.7 Å². The summed E-state index contributed by atoms with van der Waals surface area (Å²) in [6.45, 7) is 3.87. The van der Waals surface area contributed by atoms with Crippen molar-refractivity contribution in [2.45, 2.75) is 44.2 Å². The minimum absolute atomic E-state index is 0.166. The smallest absolute Gasteiger partial charge is 0.164 e. The molecule has 4 heterocycles. The molecule has 0 radical (unpaired) electrons. The molecule has 25 heavy (non-hydrogen) atoms. The minimum Gasteiger partial charge on any atom is -0.349 e. The Balaban J connectivity index is 1.77. The lowest BCUT2D eigenvalue weighted by Gasteiger charge is -2.24. The van der Waals surface area contributed by atoms with Gasteiger partial charge in [-0.05, 0) is 42.0 Å². The Morgan fingerprint density at radius 3 is 2.92 bits per heavy atom. The van der Waals surface area contributed by atoms with Crippen molar-refractivity contribution in [2.24, 2.45) is 5.11 Å². The van der Waals surface area contributed by atoms with Gasteiger partial charge in [0.1, 0.15) is 29.3 Å². The van der Waals surface area contributed by atoms with E-state index < -0.39 is 18.1 Å². The van der Waals surface area contributed by atoms with Crippen molar-refractivity contribution in [3.63, 3.8) is 0 Å². The normalized spacial score (nSPS) is 30.4. The summed E-state index contributed by atoms with van der Waals surface area (Å²) < 4.78 is 20.9. The van der Waals surface area contributed by atoms with E-state index in [1.54, 1.807) is 0 Å². The molecule has 132 valence electrons. The van der Waals surface area contributed by atoms with Gasteiger partial charge in [-0.15, -0.1) is 0 Å². The number of halogens is 2. The molecular weight excluding hydrogens is 463 g/mol. The fraction of sp³-hybridized carbons (Fsp3) is 0.571. The second-order valence-corrected chi connectivity index (χ2v) is 7.81. The topological polar surface area (TPSA) is 107 Å². The van der Waals surface area contributed by atoms with Crippen LogP contribution >= 0.6 is 34.2 Å². The largest absolute Gasteiger partial charge is 0.349 e. The average molecular weight is 477 g/mol. The van der Waals surface area contributed by atoms with E-state index in [9.17, 15) is 0 Å². The van der Waals surface area contributed by atoms with Crippen LogP contribution in [0.15, 0.2) is 17.6 Å². The molecular formula is C14H14ClIN6O3. The molecule has 0 spiro atoms. The van der Waals surface area contributed by atoms with Crippen molar-refractivity contribution < 1.29 is 14.2 Å². The van der Waals surface area contributed by atoms with Crippen LogP contribution in [0.25, 0.3) is 21.5 Å². The van der Waals surface area contributed by atoms with E-state index in [0.717, 1.165) is 8.96 Å². The molecule has 2 fully saturated rings. The molecule has 2 aromatic heterocycles. The molecule has 2 aromatic rings. The van der Waals surface area contributed by atoms with Gasteiger partial charge in [0, 0.05) is 14.7 Å². The molecule has 0 aliphatic carbocycles. The number of azide groups is 1. The van der Waals surface area contributed by atoms with Gasteiger partial charge in [0.2, 0.25) is 0 Å². The third-order valence-corrected chi connectivity index (χ3v) is 5.35. The highest BCUT2D eigenvalue weighted by Gasteiger charge is 2.55. The highest BCUT2D eigenvalue weighted by atomic mass is 127. The maximum Gasteiger partial charge on any atom is 0.164 e. The van der Waals surface area contributed by atoms with Crippen LogP contribution in [0.1, 0.15) is 20.1 Å². The molecule has 0 aromatic carbocycles. The molecule has 0 bridgehead atoms. The van der Waals surface area contributed by atoms with Crippen LogP contribution in [0.3, 0.4) is 0 Å². The van der Waals surface area contributed by atoms with Crippen molar-refractivity contribution in [2.75, 3.05) is 6.54 Å². The summed E-state index contributed by atoms with van der Waals surface area (Å²) in [6, 6.07) is 0. The lowest BCUT2D eigenvalue weighted by molar-refractivity contribution is -0.195. The van der Waals surface area contributed by atoms with Crippen LogP contribution in [-0.4, -0.2) is 45.2 Å². The van der Waals surface area contributed by atoms with Crippen molar-refractivity contribution in [3.8, 4) is 0 Å². The monoisotopic (exact) mass is 476 g/mol. The first-order valence-corrected chi connectivity index (χ1v) is 9.05.